The molecule has 0 atom stereocenters. The fourth-order valence-corrected chi connectivity index (χ4v) is 4.46. The summed E-state index contributed by atoms with van der Waals surface area (Å²) in [7, 11) is 2.13. The molecule has 0 spiro atoms. The lowest BCUT2D eigenvalue weighted by Crippen LogP contribution is -2.52. The van der Waals surface area contributed by atoms with E-state index in [0.29, 0.717) is 29.3 Å². The second-order valence-corrected chi connectivity index (χ2v) is 8.61. The molecule has 0 radical (unpaired) electrons. The van der Waals surface area contributed by atoms with Crippen LogP contribution in [0.25, 0.3) is 0 Å². The van der Waals surface area contributed by atoms with Crippen molar-refractivity contribution in [2.24, 2.45) is 10.8 Å². The first kappa shape index (κ1) is 16.8. The molecule has 1 heterocycles. The highest BCUT2D eigenvalue weighted by Crippen LogP contribution is 2.46. The molecule has 1 aliphatic heterocycles. The van der Waals surface area contributed by atoms with Crippen LogP contribution in [0.5, 0.6) is 0 Å². The van der Waals surface area contributed by atoms with Crippen molar-refractivity contribution in [1.29, 1.82) is 0 Å². The molecule has 1 aliphatic carbocycles. The summed E-state index contributed by atoms with van der Waals surface area (Å²) in [6, 6.07) is 0.524. The number of nitrogens with one attached hydrogen (secondary N) is 1. The standard InChI is InChI=1S/C17H33N3O/c1-16(2)10-14(11-17(3,4)13-16)19(5)12-15(21)20-8-6-18-7-9-20/h14,18H,6-13H2,1-5H3. The van der Waals surface area contributed by atoms with E-state index < -0.39 is 0 Å². The summed E-state index contributed by atoms with van der Waals surface area (Å²) >= 11 is 0. The topological polar surface area (TPSA) is 35.6 Å². The van der Waals surface area contributed by atoms with Crippen molar-refractivity contribution in [2.45, 2.75) is 53.0 Å². The van der Waals surface area contributed by atoms with Gasteiger partial charge in [0.2, 0.25) is 5.91 Å². The number of carbonyl (C=O) groups excluding carboxylic acids is 1. The summed E-state index contributed by atoms with van der Waals surface area (Å²) in [6.07, 6.45) is 3.67. The van der Waals surface area contributed by atoms with Gasteiger partial charge in [0.15, 0.2) is 0 Å². The first-order chi connectivity index (χ1) is 9.69. The molecule has 0 unspecified atom stereocenters. The van der Waals surface area contributed by atoms with Crippen molar-refractivity contribution in [3.05, 3.63) is 0 Å². The molecule has 21 heavy (non-hydrogen) atoms. The Morgan fingerprint density at radius 1 is 1.14 bits per heavy atom. The molecule has 0 bridgehead atoms. The normalized spacial score (nSPS) is 26.1. The number of rotatable bonds is 3. The van der Waals surface area contributed by atoms with Gasteiger partial charge in [-0.25, -0.2) is 0 Å². The minimum Gasteiger partial charge on any atom is -0.339 e. The van der Waals surface area contributed by atoms with Crippen LogP contribution in [-0.2, 0) is 4.79 Å². The summed E-state index contributed by atoms with van der Waals surface area (Å²) in [5.41, 5.74) is 0.748. The zero-order valence-corrected chi connectivity index (χ0v) is 14.5. The van der Waals surface area contributed by atoms with Gasteiger partial charge in [0, 0.05) is 32.2 Å². The largest absolute Gasteiger partial charge is 0.339 e. The summed E-state index contributed by atoms with van der Waals surface area (Å²) in [5.74, 6) is 0.292. The van der Waals surface area contributed by atoms with Gasteiger partial charge in [-0.1, -0.05) is 27.7 Å². The first-order valence-corrected chi connectivity index (χ1v) is 8.37. The predicted octanol–water partition coefficient (Wildman–Crippen LogP) is 1.95. The maximum atomic E-state index is 12.4. The summed E-state index contributed by atoms with van der Waals surface area (Å²) in [5, 5.41) is 3.30. The summed E-state index contributed by atoms with van der Waals surface area (Å²) in [6.45, 7) is 13.6. The molecule has 2 rings (SSSR count). The zero-order valence-electron chi connectivity index (χ0n) is 14.5. The average Bonchev–Trinajstić information content (AvgIpc) is 2.36. The lowest BCUT2D eigenvalue weighted by Gasteiger charge is -2.47. The number of likely N-dealkylation sites (N-methyl/N-ethyl adjacent to an activating group) is 1. The Kier molecular flexibility index (Phi) is 4.99. The van der Waals surface area contributed by atoms with E-state index in [9.17, 15) is 4.79 Å². The van der Waals surface area contributed by atoms with Crippen LogP contribution < -0.4 is 5.32 Å². The van der Waals surface area contributed by atoms with Crippen LogP contribution in [0.15, 0.2) is 0 Å². The third-order valence-corrected chi connectivity index (χ3v) is 5.01. The second-order valence-electron chi connectivity index (χ2n) is 8.61. The fraction of sp³-hybridized carbons (Fsp3) is 0.941. The van der Waals surface area contributed by atoms with E-state index in [1.807, 2.05) is 4.90 Å². The van der Waals surface area contributed by atoms with Crippen LogP contribution >= 0.6 is 0 Å². The molecule has 122 valence electrons. The molecule has 4 heteroatoms. The second kappa shape index (κ2) is 6.25. The Morgan fingerprint density at radius 3 is 2.19 bits per heavy atom. The van der Waals surface area contributed by atoms with Crippen LogP contribution in [-0.4, -0.2) is 61.5 Å². The van der Waals surface area contributed by atoms with E-state index in [1.54, 1.807) is 0 Å². The van der Waals surface area contributed by atoms with Gasteiger partial charge in [-0.3, -0.25) is 9.69 Å². The maximum absolute atomic E-state index is 12.4. The Labute approximate surface area is 130 Å². The van der Waals surface area contributed by atoms with E-state index >= 15 is 0 Å². The highest BCUT2D eigenvalue weighted by molar-refractivity contribution is 5.78. The summed E-state index contributed by atoms with van der Waals surface area (Å²) in [4.78, 5) is 16.7. The molecule has 2 fully saturated rings. The highest BCUT2D eigenvalue weighted by atomic mass is 16.2. The molecule has 1 N–H and O–H groups in total. The molecule has 1 amide bonds. The van der Waals surface area contributed by atoms with Crippen molar-refractivity contribution in [3.8, 4) is 0 Å². The fourth-order valence-electron chi connectivity index (χ4n) is 4.46. The van der Waals surface area contributed by atoms with Gasteiger partial charge in [-0.2, -0.15) is 0 Å². The zero-order chi connectivity index (χ0) is 15.7. The number of hydrogen-bond acceptors (Lipinski definition) is 3. The average molecular weight is 295 g/mol. The molecular formula is C17H33N3O. The maximum Gasteiger partial charge on any atom is 0.236 e. The number of piperazine rings is 1. The lowest BCUT2D eigenvalue weighted by atomic mass is 9.63. The van der Waals surface area contributed by atoms with Crippen LogP contribution in [0, 0.1) is 10.8 Å². The Morgan fingerprint density at radius 2 is 1.67 bits per heavy atom. The molecule has 2 aliphatic rings. The Bertz CT molecular complexity index is 356. The number of hydrogen-bond donors (Lipinski definition) is 1. The predicted molar refractivity (Wildman–Crippen MR) is 87.3 cm³/mol. The van der Waals surface area contributed by atoms with E-state index in [0.717, 1.165) is 26.2 Å². The first-order valence-electron chi connectivity index (χ1n) is 8.37. The molecule has 1 saturated carbocycles. The van der Waals surface area contributed by atoms with Crippen LogP contribution in [0.3, 0.4) is 0 Å². The SMILES string of the molecule is CN(CC(=O)N1CCNCC1)C1CC(C)(C)CC(C)(C)C1. The third kappa shape index (κ3) is 4.68. The monoisotopic (exact) mass is 295 g/mol. The number of amides is 1. The van der Waals surface area contributed by atoms with Crippen molar-refractivity contribution >= 4 is 5.91 Å². The van der Waals surface area contributed by atoms with Crippen molar-refractivity contribution < 1.29 is 4.79 Å². The molecule has 0 aromatic carbocycles. The van der Waals surface area contributed by atoms with Crippen LogP contribution in [0.1, 0.15) is 47.0 Å². The van der Waals surface area contributed by atoms with E-state index in [-0.39, 0.29) is 0 Å². The van der Waals surface area contributed by atoms with Gasteiger partial charge in [-0.05, 0) is 37.1 Å². The molecular weight excluding hydrogens is 262 g/mol. The smallest absolute Gasteiger partial charge is 0.236 e. The minimum absolute atomic E-state index is 0.292. The van der Waals surface area contributed by atoms with Gasteiger partial charge < -0.3 is 10.2 Å². The van der Waals surface area contributed by atoms with E-state index in [4.69, 9.17) is 0 Å². The minimum atomic E-state index is 0.292. The Balaban J connectivity index is 1.92. The van der Waals surface area contributed by atoms with Crippen LogP contribution in [0.4, 0.5) is 0 Å². The van der Waals surface area contributed by atoms with Gasteiger partial charge in [0.1, 0.15) is 0 Å². The van der Waals surface area contributed by atoms with Gasteiger partial charge >= 0.3 is 0 Å². The van der Waals surface area contributed by atoms with Crippen LogP contribution in [0.2, 0.25) is 0 Å². The van der Waals surface area contributed by atoms with Crippen molar-refractivity contribution in [2.75, 3.05) is 39.8 Å². The van der Waals surface area contributed by atoms with Gasteiger partial charge in [0.25, 0.3) is 0 Å². The third-order valence-electron chi connectivity index (χ3n) is 5.01. The molecule has 1 saturated heterocycles. The highest BCUT2D eigenvalue weighted by Gasteiger charge is 2.40. The van der Waals surface area contributed by atoms with Gasteiger partial charge in [0.05, 0.1) is 6.54 Å². The van der Waals surface area contributed by atoms with Gasteiger partial charge in [-0.15, -0.1) is 0 Å². The molecule has 4 nitrogen and oxygen atoms in total. The Hall–Kier alpha value is -0.610. The van der Waals surface area contributed by atoms with Crippen molar-refractivity contribution in [3.63, 3.8) is 0 Å². The molecule has 0 aromatic rings. The molecule has 0 aromatic heterocycles. The lowest BCUT2D eigenvalue weighted by molar-refractivity contribution is -0.133. The number of carbonyl (C=O) groups is 1. The summed E-state index contributed by atoms with van der Waals surface area (Å²) < 4.78 is 0. The number of nitrogens with zero attached hydrogens (tertiary/aromatic N) is 2. The van der Waals surface area contributed by atoms with E-state index in [1.165, 1.54) is 19.3 Å². The van der Waals surface area contributed by atoms with Crippen molar-refractivity contribution in [1.82, 2.24) is 15.1 Å². The van der Waals surface area contributed by atoms with E-state index in [2.05, 4.69) is 45.0 Å². The quantitative estimate of drug-likeness (QED) is 0.864.